The maximum atomic E-state index is 12.9. The number of pyridine rings is 1. The standard InChI is InChI=1S/C20H27N5O/c26-20(22-14-18-16-8-2-1-3-9-17(16)23-24-18)25-12-5-4-10-19(25)15-7-6-11-21-13-15/h6-7,11,13,19H,1-5,8-10,12,14H2,(H,22,26)(H,23,24). The Morgan fingerprint density at radius 3 is 3.04 bits per heavy atom. The molecule has 2 N–H and O–H groups in total. The van der Waals surface area contributed by atoms with Gasteiger partial charge in [-0.15, -0.1) is 0 Å². The number of nitrogens with one attached hydrogen (secondary N) is 2. The van der Waals surface area contributed by atoms with Gasteiger partial charge in [0.15, 0.2) is 0 Å². The minimum atomic E-state index is 0.00363. The molecular formula is C20H27N5O. The smallest absolute Gasteiger partial charge is 0.318 e. The lowest BCUT2D eigenvalue weighted by Gasteiger charge is -2.35. The number of carbonyl (C=O) groups excluding carboxylic acids is 1. The van der Waals surface area contributed by atoms with Gasteiger partial charge in [0, 0.05) is 24.6 Å². The van der Waals surface area contributed by atoms with Crippen LogP contribution in [0.4, 0.5) is 4.79 Å². The van der Waals surface area contributed by atoms with Crippen LogP contribution < -0.4 is 5.32 Å². The van der Waals surface area contributed by atoms with E-state index in [2.05, 4.69) is 26.6 Å². The highest BCUT2D eigenvalue weighted by molar-refractivity contribution is 5.75. The Morgan fingerprint density at radius 2 is 2.15 bits per heavy atom. The number of amides is 2. The molecule has 0 radical (unpaired) electrons. The van der Waals surface area contributed by atoms with E-state index in [0.29, 0.717) is 6.54 Å². The summed E-state index contributed by atoms with van der Waals surface area (Å²) in [7, 11) is 0. The first-order valence-electron chi connectivity index (χ1n) is 9.82. The van der Waals surface area contributed by atoms with E-state index >= 15 is 0 Å². The lowest BCUT2D eigenvalue weighted by atomic mass is 9.97. The molecule has 4 rings (SSSR count). The van der Waals surface area contributed by atoms with Gasteiger partial charge in [0.25, 0.3) is 0 Å². The van der Waals surface area contributed by atoms with Gasteiger partial charge >= 0.3 is 6.03 Å². The highest BCUT2D eigenvalue weighted by atomic mass is 16.2. The van der Waals surface area contributed by atoms with E-state index in [-0.39, 0.29) is 12.1 Å². The number of aryl methyl sites for hydroxylation is 1. The number of rotatable bonds is 3. The fourth-order valence-electron chi connectivity index (χ4n) is 4.23. The number of aromatic nitrogens is 3. The zero-order valence-corrected chi connectivity index (χ0v) is 15.2. The van der Waals surface area contributed by atoms with Crippen LogP contribution in [0.3, 0.4) is 0 Å². The lowest BCUT2D eigenvalue weighted by Crippen LogP contribution is -2.44. The Balaban J connectivity index is 1.43. The summed E-state index contributed by atoms with van der Waals surface area (Å²) in [6.45, 7) is 1.30. The molecule has 26 heavy (non-hydrogen) atoms. The topological polar surface area (TPSA) is 73.9 Å². The molecule has 2 aromatic heterocycles. The van der Waals surface area contributed by atoms with E-state index in [4.69, 9.17) is 0 Å². The molecule has 138 valence electrons. The highest BCUT2D eigenvalue weighted by Gasteiger charge is 2.28. The van der Waals surface area contributed by atoms with E-state index in [1.807, 2.05) is 17.2 Å². The van der Waals surface area contributed by atoms with E-state index in [1.54, 1.807) is 6.20 Å². The summed E-state index contributed by atoms with van der Waals surface area (Å²) < 4.78 is 0. The molecule has 1 aliphatic heterocycles. The molecule has 1 saturated heterocycles. The maximum absolute atomic E-state index is 12.9. The second kappa shape index (κ2) is 7.89. The molecule has 0 aromatic carbocycles. The largest absolute Gasteiger partial charge is 0.332 e. The number of nitrogens with zero attached hydrogens (tertiary/aromatic N) is 3. The number of likely N-dealkylation sites (tertiary alicyclic amines) is 1. The fourth-order valence-corrected chi connectivity index (χ4v) is 4.23. The summed E-state index contributed by atoms with van der Waals surface area (Å²) >= 11 is 0. The van der Waals surface area contributed by atoms with Gasteiger partial charge in [0.05, 0.1) is 18.3 Å². The second-order valence-corrected chi connectivity index (χ2v) is 7.34. The summed E-state index contributed by atoms with van der Waals surface area (Å²) in [5, 5.41) is 10.8. The van der Waals surface area contributed by atoms with Crippen molar-refractivity contribution in [2.75, 3.05) is 6.54 Å². The Bertz CT molecular complexity index is 742. The van der Waals surface area contributed by atoms with Crippen molar-refractivity contribution in [1.82, 2.24) is 25.4 Å². The third-order valence-electron chi connectivity index (χ3n) is 5.63. The van der Waals surface area contributed by atoms with Crippen LogP contribution in [0.15, 0.2) is 24.5 Å². The van der Waals surface area contributed by atoms with Crippen LogP contribution in [0.2, 0.25) is 0 Å². The predicted octanol–water partition coefficient (Wildman–Crippen LogP) is 3.51. The quantitative estimate of drug-likeness (QED) is 0.829. The van der Waals surface area contributed by atoms with Gasteiger partial charge in [-0.05, 0) is 62.1 Å². The van der Waals surface area contributed by atoms with Crippen molar-refractivity contribution in [3.63, 3.8) is 0 Å². The van der Waals surface area contributed by atoms with Crippen molar-refractivity contribution >= 4 is 6.03 Å². The molecule has 2 aromatic rings. The van der Waals surface area contributed by atoms with Gasteiger partial charge < -0.3 is 10.2 Å². The fraction of sp³-hybridized carbons (Fsp3) is 0.550. The SMILES string of the molecule is O=C(NCc1n[nH]c2c1CCCCC2)N1CCCCC1c1cccnc1. The molecule has 1 unspecified atom stereocenters. The monoisotopic (exact) mass is 353 g/mol. The summed E-state index contributed by atoms with van der Waals surface area (Å²) in [5.41, 5.74) is 4.71. The summed E-state index contributed by atoms with van der Waals surface area (Å²) in [6.07, 6.45) is 12.7. The van der Waals surface area contributed by atoms with E-state index in [9.17, 15) is 4.79 Å². The number of fused-ring (bicyclic) bond motifs is 1. The highest BCUT2D eigenvalue weighted by Crippen LogP contribution is 2.30. The van der Waals surface area contributed by atoms with Crippen LogP contribution in [0.1, 0.15) is 67.1 Å². The number of hydrogen-bond acceptors (Lipinski definition) is 3. The molecule has 1 atom stereocenters. The summed E-state index contributed by atoms with van der Waals surface area (Å²) in [6, 6.07) is 4.13. The second-order valence-electron chi connectivity index (χ2n) is 7.34. The normalized spacial score (nSPS) is 20.3. The number of carbonyl (C=O) groups is 1. The van der Waals surface area contributed by atoms with Gasteiger partial charge in [-0.2, -0.15) is 5.10 Å². The first-order chi connectivity index (χ1) is 12.8. The molecule has 0 saturated carbocycles. The van der Waals surface area contributed by atoms with Gasteiger partial charge in [-0.25, -0.2) is 4.79 Å². The minimum Gasteiger partial charge on any atom is -0.332 e. The predicted molar refractivity (Wildman–Crippen MR) is 99.6 cm³/mol. The van der Waals surface area contributed by atoms with Crippen LogP contribution in [-0.4, -0.2) is 32.7 Å². The Labute approximate surface area is 154 Å². The first-order valence-corrected chi connectivity index (χ1v) is 9.82. The summed E-state index contributed by atoms with van der Waals surface area (Å²) in [5.74, 6) is 0. The molecule has 1 aliphatic carbocycles. The number of urea groups is 1. The third kappa shape index (κ3) is 3.59. The zero-order chi connectivity index (χ0) is 17.8. The van der Waals surface area contributed by atoms with Crippen molar-refractivity contribution in [3.8, 4) is 0 Å². The third-order valence-corrected chi connectivity index (χ3v) is 5.63. The van der Waals surface area contributed by atoms with E-state index in [1.165, 1.54) is 30.5 Å². The maximum Gasteiger partial charge on any atom is 0.318 e. The molecule has 6 nitrogen and oxygen atoms in total. The molecule has 1 fully saturated rings. The van der Waals surface area contributed by atoms with Crippen LogP contribution in [0.25, 0.3) is 0 Å². The van der Waals surface area contributed by atoms with E-state index < -0.39 is 0 Å². The Hall–Kier alpha value is -2.37. The number of aromatic amines is 1. The molecule has 0 bridgehead atoms. The molecule has 0 spiro atoms. The van der Waals surface area contributed by atoms with Crippen molar-refractivity contribution in [1.29, 1.82) is 0 Å². The molecule has 6 heteroatoms. The van der Waals surface area contributed by atoms with Crippen molar-refractivity contribution in [2.45, 2.75) is 64.0 Å². The summed E-state index contributed by atoms with van der Waals surface area (Å²) in [4.78, 5) is 19.1. The van der Waals surface area contributed by atoms with Gasteiger partial charge in [-0.1, -0.05) is 12.5 Å². The van der Waals surface area contributed by atoms with Crippen molar-refractivity contribution < 1.29 is 4.79 Å². The lowest BCUT2D eigenvalue weighted by molar-refractivity contribution is 0.151. The van der Waals surface area contributed by atoms with Crippen LogP contribution in [-0.2, 0) is 19.4 Å². The van der Waals surface area contributed by atoms with Crippen LogP contribution in [0, 0.1) is 0 Å². The Morgan fingerprint density at radius 1 is 1.23 bits per heavy atom. The number of hydrogen-bond donors (Lipinski definition) is 2. The van der Waals surface area contributed by atoms with Crippen LogP contribution >= 0.6 is 0 Å². The average molecular weight is 353 g/mol. The number of piperidine rings is 1. The number of H-pyrrole nitrogens is 1. The minimum absolute atomic E-state index is 0.00363. The molecular weight excluding hydrogens is 326 g/mol. The molecule has 2 aliphatic rings. The van der Waals surface area contributed by atoms with Gasteiger partial charge in [-0.3, -0.25) is 10.1 Å². The first kappa shape index (κ1) is 17.1. The van der Waals surface area contributed by atoms with Gasteiger partial charge in [0.2, 0.25) is 0 Å². The average Bonchev–Trinajstić information content (AvgIpc) is 2.93. The van der Waals surface area contributed by atoms with Crippen molar-refractivity contribution in [2.24, 2.45) is 0 Å². The molecule has 3 heterocycles. The van der Waals surface area contributed by atoms with Crippen LogP contribution in [0.5, 0.6) is 0 Å². The molecule has 2 amide bonds. The zero-order valence-electron chi connectivity index (χ0n) is 15.2. The Kier molecular flexibility index (Phi) is 5.18. The van der Waals surface area contributed by atoms with Crippen molar-refractivity contribution in [3.05, 3.63) is 47.0 Å². The van der Waals surface area contributed by atoms with Gasteiger partial charge in [0.1, 0.15) is 0 Å². The van der Waals surface area contributed by atoms with E-state index in [0.717, 1.165) is 49.9 Å².